The van der Waals surface area contributed by atoms with Gasteiger partial charge in [-0.15, -0.1) is 10.2 Å². The van der Waals surface area contributed by atoms with Crippen molar-refractivity contribution in [3.8, 4) is 5.69 Å². The van der Waals surface area contributed by atoms with Crippen LogP contribution in [0.3, 0.4) is 0 Å². The average Bonchev–Trinajstić information content (AvgIpc) is 3.09. The van der Waals surface area contributed by atoms with Crippen molar-refractivity contribution < 1.29 is 9.18 Å². The van der Waals surface area contributed by atoms with E-state index in [0.29, 0.717) is 5.16 Å². The fourth-order valence-electron chi connectivity index (χ4n) is 2.45. The highest BCUT2D eigenvalue weighted by atomic mass is 32.2. The van der Waals surface area contributed by atoms with Gasteiger partial charge in [-0.2, -0.15) is 0 Å². The summed E-state index contributed by atoms with van der Waals surface area (Å²) in [6.07, 6.45) is 1.63. The molecule has 0 spiro atoms. The number of aryl methyl sites for hydroxylation is 1. The van der Waals surface area contributed by atoms with Crippen LogP contribution in [0.5, 0.6) is 0 Å². The van der Waals surface area contributed by atoms with Crippen LogP contribution in [-0.2, 0) is 4.79 Å². The minimum absolute atomic E-state index is 0.120. The van der Waals surface area contributed by atoms with Gasteiger partial charge in [0.2, 0.25) is 5.91 Å². The Labute approximate surface area is 155 Å². The van der Waals surface area contributed by atoms with Gasteiger partial charge in [-0.25, -0.2) is 4.39 Å². The molecule has 26 heavy (non-hydrogen) atoms. The molecule has 3 rings (SSSR count). The van der Waals surface area contributed by atoms with Gasteiger partial charge in [0.1, 0.15) is 12.1 Å². The van der Waals surface area contributed by atoms with Crippen LogP contribution in [0.4, 0.5) is 4.39 Å². The van der Waals surface area contributed by atoms with Crippen molar-refractivity contribution in [1.29, 1.82) is 0 Å². The summed E-state index contributed by atoms with van der Waals surface area (Å²) in [4.78, 5) is 12.2. The monoisotopic (exact) mass is 370 g/mol. The zero-order valence-corrected chi connectivity index (χ0v) is 15.3. The first-order chi connectivity index (χ1) is 12.5. The molecule has 1 N–H and O–H groups in total. The largest absolute Gasteiger partial charge is 0.349 e. The highest BCUT2D eigenvalue weighted by Gasteiger charge is 2.13. The van der Waals surface area contributed by atoms with E-state index < -0.39 is 0 Å². The molecular weight excluding hydrogens is 351 g/mol. The number of benzene rings is 2. The van der Waals surface area contributed by atoms with Crippen LogP contribution >= 0.6 is 11.8 Å². The molecule has 0 bridgehead atoms. The summed E-state index contributed by atoms with van der Waals surface area (Å²) >= 11 is 1.32. The number of carbonyl (C=O) groups is 1. The molecule has 1 amide bonds. The molecule has 1 atom stereocenters. The van der Waals surface area contributed by atoms with Crippen LogP contribution in [0.15, 0.2) is 60.0 Å². The second-order valence-electron chi connectivity index (χ2n) is 5.95. The van der Waals surface area contributed by atoms with Crippen LogP contribution in [0.25, 0.3) is 5.69 Å². The van der Waals surface area contributed by atoms with Gasteiger partial charge in [-0.1, -0.05) is 41.6 Å². The number of hydrogen-bond acceptors (Lipinski definition) is 4. The van der Waals surface area contributed by atoms with Crippen LogP contribution in [0, 0.1) is 12.7 Å². The molecule has 0 aliphatic heterocycles. The molecule has 0 aliphatic carbocycles. The van der Waals surface area contributed by atoms with Gasteiger partial charge in [0.25, 0.3) is 0 Å². The lowest BCUT2D eigenvalue weighted by molar-refractivity contribution is -0.119. The quantitative estimate of drug-likeness (QED) is 0.673. The van der Waals surface area contributed by atoms with Crippen molar-refractivity contribution in [1.82, 2.24) is 20.1 Å². The SMILES string of the molecule is Cc1ccc(-n2cnnc2SCC(=O)NC(C)c2ccc(F)cc2)cc1. The van der Waals surface area contributed by atoms with Gasteiger partial charge in [-0.05, 0) is 43.7 Å². The molecule has 134 valence electrons. The van der Waals surface area contributed by atoms with Crippen LogP contribution in [-0.4, -0.2) is 26.4 Å². The van der Waals surface area contributed by atoms with E-state index in [4.69, 9.17) is 0 Å². The number of thioether (sulfide) groups is 1. The Bertz CT molecular complexity index is 877. The van der Waals surface area contributed by atoms with E-state index in [2.05, 4.69) is 15.5 Å². The minimum Gasteiger partial charge on any atom is -0.349 e. The van der Waals surface area contributed by atoms with E-state index in [1.165, 1.54) is 29.5 Å². The van der Waals surface area contributed by atoms with Crippen molar-refractivity contribution in [3.63, 3.8) is 0 Å². The summed E-state index contributed by atoms with van der Waals surface area (Å²) in [5, 5.41) is 11.6. The van der Waals surface area contributed by atoms with Crippen molar-refractivity contribution in [2.75, 3.05) is 5.75 Å². The molecule has 0 saturated carbocycles. The Morgan fingerprint density at radius 1 is 1.19 bits per heavy atom. The molecule has 1 unspecified atom stereocenters. The van der Waals surface area contributed by atoms with Gasteiger partial charge in [-0.3, -0.25) is 9.36 Å². The Kier molecular flexibility index (Phi) is 5.68. The molecule has 5 nitrogen and oxygen atoms in total. The lowest BCUT2D eigenvalue weighted by Crippen LogP contribution is -2.28. The van der Waals surface area contributed by atoms with E-state index in [9.17, 15) is 9.18 Å². The fraction of sp³-hybridized carbons (Fsp3) is 0.211. The van der Waals surface area contributed by atoms with Crippen molar-refractivity contribution in [2.24, 2.45) is 0 Å². The molecule has 2 aromatic carbocycles. The average molecular weight is 370 g/mol. The second kappa shape index (κ2) is 8.14. The normalized spacial score (nSPS) is 12.0. The maximum atomic E-state index is 13.0. The first kappa shape index (κ1) is 18.1. The Morgan fingerprint density at radius 3 is 2.58 bits per heavy atom. The molecule has 1 heterocycles. The highest BCUT2D eigenvalue weighted by Crippen LogP contribution is 2.20. The van der Waals surface area contributed by atoms with Crippen LogP contribution in [0.2, 0.25) is 0 Å². The first-order valence-corrected chi connectivity index (χ1v) is 9.16. The van der Waals surface area contributed by atoms with Gasteiger partial charge in [0.15, 0.2) is 5.16 Å². The molecule has 0 fully saturated rings. The van der Waals surface area contributed by atoms with Gasteiger partial charge < -0.3 is 5.32 Å². The molecule has 0 radical (unpaired) electrons. The fourth-order valence-corrected chi connectivity index (χ4v) is 3.19. The number of halogens is 1. The van der Waals surface area contributed by atoms with Crippen LogP contribution < -0.4 is 5.32 Å². The summed E-state index contributed by atoms with van der Waals surface area (Å²) in [6, 6.07) is 13.9. The minimum atomic E-state index is -0.293. The Hall–Kier alpha value is -2.67. The summed E-state index contributed by atoms with van der Waals surface area (Å²) in [5.41, 5.74) is 2.97. The Balaban J connectivity index is 1.59. The standard InChI is InChI=1S/C19H19FN4OS/c1-13-3-9-17(10-4-13)24-12-21-23-19(24)26-11-18(25)22-14(2)15-5-7-16(20)8-6-15/h3-10,12,14H,11H2,1-2H3,(H,22,25). The zero-order valence-electron chi connectivity index (χ0n) is 14.5. The highest BCUT2D eigenvalue weighted by molar-refractivity contribution is 7.99. The summed E-state index contributed by atoms with van der Waals surface area (Å²) in [5.74, 6) is -0.195. The molecule has 1 aromatic heterocycles. The van der Waals surface area contributed by atoms with Crippen molar-refractivity contribution >= 4 is 17.7 Å². The smallest absolute Gasteiger partial charge is 0.230 e. The predicted molar refractivity (Wildman–Crippen MR) is 99.8 cm³/mol. The van der Waals surface area contributed by atoms with Gasteiger partial charge in [0, 0.05) is 5.69 Å². The molecule has 0 aliphatic rings. The number of hydrogen-bond donors (Lipinski definition) is 1. The molecular formula is C19H19FN4OS. The number of amides is 1. The lowest BCUT2D eigenvalue weighted by Gasteiger charge is -2.14. The van der Waals surface area contributed by atoms with E-state index in [-0.39, 0.29) is 23.5 Å². The summed E-state index contributed by atoms with van der Waals surface area (Å²) in [6.45, 7) is 3.89. The second-order valence-corrected chi connectivity index (χ2v) is 6.89. The van der Waals surface area contributed by atoms with E-state index in [1.807, 2.05) is 42.7 Å². The Morgan fingerprint density at radius 2 is 1.88 bits per heavy atom. The van der Waals surface area contributed by atoms with Crippen LogP contribution in [0.1, 0.15) is 24.1 Å². The number of rotatable bonds is 6. The van der Waals surface area contributed by atoms with Gasteiger partial charge >= 0.3 is 0 Å². The van der Waals surface area contributed by atoms with E-state index in [0.717, 1.165) is 11.3 Å². The number of carbonyl (C=O) groups excluding carboxylic acids is 1. The zero-order chi connectivity index (χ0) is 18.5. The van der Waals surface area contributed by atoms with Gasteiger partial charge in [0.05, 0.1) is 11.8 Å². The third kappa shape index (κ3) is 4.49. The maximum absolute atomic E-state index is 13.0. The number of aromatic nitrogens is 3. The number of nitrogens with zero attached hydrogens (tertiary/aromatic N) is 3. The van der Waals surface area contributed by atoms with E-state index in [1.54, 1.807) is 18.5 Å². The maximum Gasteiger partial charge on any atom is 0.230 e. The first-order valence-electron chi connectivity index (χ1n) is 8.17. The van der Waals surface area contributed by atoms with Crippen molar-refractivity contribution in [3.05, 3.63) is 71.8 Å². The number of nitrogens with one attached hydrogen (secondary N) is 1. The third-order valence-electron chi connectivity index (χ3n) is 3.91. The lowest BCUT2D eigenvalue weighted by atomic mass is 10.1. The topological polar surface area (TPSA) is 59.8 Å². The van der Waals surface area contributed by atoms with E-state index >= 15 is 0 Å². The summed E-state index contributed by atoms with van der Waals surface area (Å²) < 4.78 is 14.8. The van der Waals surface area contributed by atoms with Crippen molar-refractivity contribution in [2.45, 2.75) is 25.0 Å². The molecule has 0 saturated heterocycles. The summed E-state index contributed by atoms with van der Waals surface area (Å²) in [7, 11) is 0. The molecule has 3 aromatic rings. The molecule has 7 heteroatoms. The third-order valence-corrected chi connectivity index (χ3v) is 4.85. The predicted octanol–water partition coefficient (Wildman–Crippen LogP) is 3.68.